The van der Waals surface area contributed by atoms with Crippen molar-refractivity contribution in [1.29, 1.82) is 0 Å². The van der Waals surface area contributed by atoms with Gasteiger partial charge in [0.2, 0.25) is 0 Å². The van der Waals surface area contributed by atoms with Gasteiger partial charge in [-0.25, -0.2) is 0 Å². The number of nitrogens with one attached hydrogen (secondary N) is 2. The van der Waals surface area contributed by atoms with Gasteiger partial charge >= 0.3 is 0 Å². The Hall–Kier alpha value is -2.48. The molecule has 1 heterocycles. The first-order chi connectivity index (χ1) is 13.4. The molecule has 0 amide bonds. The maximum Gasteiger partial charge on any atom is 0.292 e. The van der Waals surface area contributed by atoms with Gasteiger partial charge in [0.25, 0.3) is 5.69 Å². The molecule has 1 aliphatic rings. The molecule has 8 nitrogen and oxygen atoms in total. The zero-order chi connectivity index (χ0) is 20.6. The minimum absolute atomic E-state index is 0.123. The van der Waals surface area contributed by atoms with Gasteiger partial charge in [-0.3, -0.25) is 10.1 Å². The molecule has 0 saturated carbocycles. The van der Waals surface area contributed by atoms with E-state index in [1.54, 1.807) is 12.1 Å². The molecule has 0 fully saturated rings. The van der Waals surface area contributed by atoms with E-state index in [0.717, 1.165) is 56.0 Å². The highest BCUT2D eigenvalue weighted by Crippen LogP contribution is 2.27. The third kappa shape index (κ3) is 6.30. The number of benzene rings is 1. The summed E-state index contributed by atoms with van der Waals surface area (Å²) in [5.41, 5.74) is 1.61. The van der Waals surface area contributed by atoms with Crippen LogP contribution in [0.4, 0.5) is 17.1 Å². The van der Waals surface area contributed by atoms with E-state index in [2.05, 4.69) is 60.8 Å². The largest absolute Gasteiger partial charge is 0.385 e. The Morgan fingerprint density at radius 1 is 1.18 bits per heavy atom. The van der Waals surface area contributed by atoms with E-state index in [-0.39, 0.29) is 10.6 Å². The number of rotatable bonds is 12. The molecule has 1 aromatic rings. The second-order valence-corrected chi connectivity index (χ2v) is 7.68. The van der Waals surface area contributed by atoms with E-state index >= 15 is 0 Å². The van der Waals surface area contributed by atoms with Gasteiger partial charge in [0.05, 0.1) is 44.8 Å². The first kappa shape index (κ1) is 21.8. The van der Waals surface area contributed by atoms with Gasteiger partial charge in [0.1, 0.15) is 5.69 Å². The summed E-state index contributed by atoms with van der Waals surface area (Å²) in [6.07, 6.45) is 5.18. The van der Waals surface area contributed by atoms with E-state index in [9.17, 15) is 10.1 Å². The Morgan fingerprint density at radius 2 is 1.93 bits per heavy atom. The predicted octanol–water partition coefficient (Wildman–Crippen LogP) is 2.97. The van der Waals surface area contributed by atoms with Crippen molar-refractivity contribution < 1.29 is 9.41 Å². The maximum absolute atomic E-state index is 11.4. The highest BCUT2D eigenvalue weighted by atomic mass is 16.6. The number of nitrogens with zero attached hydrogens (tertiary/aromatic N) is 4. The van der Waals surface area contributed by atoms with E-state index in [1.165, 1.54) is 0 Å². The van der Waals surface area contributed by atoms with Crippen molar-refractivity contribution in [2.24, 2.45) is 0 Å². The first-order valence-electron chi connectivity index (χ1n) is 10.1. The van der Waals surface area contributed by atoms with Crippen LogP contribution in [0.5, 0.6) is 0 Å². The van der Waals surface area contributed by atoms with Crippen LogP contribution in [-0.4, -0.2) is 79.2 Å². The molecule has 1 aliphatic heterocycles. The molecular weight excluding hydrogens is 356 g/mol. The lowest BCUT2D eigenvalue weighted by Crippen LogP contribution is -2.46. The SMILES string of the molecule is CC[N+](C)(CC)CCNc1cc(NCCCN2C=CN(C)C2)ccc1[N+](=O)[O-]. The molecule has 0 atom stereocenters. The second kappa shape index (κ2) is 10.2. The average Bonchev–Trinajstić information content (AvgIpc) is 3.10. The third-order valence-electron chi connectivity index (χ3n) is 5.58. The van der Waals surface area contributed by atoms with Gasteiger partial charge < -0.3 is 24.9 Å². The average molecular weight is 392 g/mol. The van der Waals surface area contributed by atoms with Crippen LogP contribution in [0.1, 0.15) is 20.3 Å². The van der Waals surface area contributed by atoms with Gasteiger partial charge in [0, 0.05) is 44.3 Å². The summed E-state index contributed by atoms with van der Waals surface area (Å²) >= 11 is 0. The molecule has 0 aromatic heterocycles. The molecule has 0 saturated heterocycles. The molecule has 28 heavy (non-hydrogen) atoms. The van der Waals surface area contributed by atoms with E-state index in [1.807, 2.05) is 6.07 Å². The van der Waals surface area contributed by atoms with Crippen molar-refractivity contribution in [2.75, 3.05) is 70.7 Å². The lowest BCUT2D eigenvalue weighted by molar-refractivity contribution is -0.904. The molecular formula is C20H35N6O2+. The Morgan fingerprint density at radius 3 is 2.54 bits per heavy atom. The topological polar surface area (TPSA) is 73.7 Å². The fourth-order valence-corrected chi connectivity index (χ4v) is 3.20. The van der Waals surface area contributed by atoms with Crippen molar-refractivity contribution in [2.45, 2.75) is 20.3 Å². The zero-order valence-electron chi connectivity index (χ0n) is 17.6. The minimum atomic E-state index is -0.323. The van der Waals surface area contributed by atoms with Gasteiger partial charge in [-0.1, -0.05) is 0 Å². The highest BCUT2D eigenvalue weighted by molar-refractivity contribution is 5.68. The lowest BCUT2D eigenvalue weighted by Gasteiger charge is -2.32. The molecule has 0 bridgehead atoms. The molecule has 2 rings (SSSR count). The summed E-state index contributed by atoms with van der Waals surface area (Å²) in [6.45, 7) is 10.8. The highest BCUT2D eigenvalue weighted by Gasteiger charge is 2.18. The first-order valence-corrected chi connectivity index (χ1v) is 10.1. The third-order valence-corrected chi connectivity index (χ3v) is 5.58. The summed E-state index contributed by atoms with van der Waals surface area (Å²) in [5, 5.41) is 18.0. The van der Waals surface area contributed by atoms with Gasteiger partial charge in [-0.2, -0.15) is 0 Å². The summed E-state index contributed by atoms with van der Waals surface area (Å²) in [6, 6.07) is 5.21. The van der Waals surface area contributed by atoms with Crippen LogP contribution < -0.4 is 10.6 Å². The smallest absolute Gasteiger partial charge is 0.292 e. The zero-order valence-corrected chi connectivity index (χ0v) is 17.6. The summed E-state index contributed by atoms with van der Waals surface area (Å²) < 4.78 is 0.943. The van der Waals surface area contributed by atoms with Crippen LogP contribution in [0.25, 0.3) is 0 Å². The number of nitro benzene ring substituents is 1. The van der Waals surface area contributed by atoms with Crippen molar-refractivity contribution in [3.8, 4) is 0 Å². The minimum Gasteiger partial charge on any atom is -0.385 e. The standard InChI is InChI=1S/C20H35N6O2/c1-5-26(4,6-2)15-11-22-19-16-18(8-9-20(19)25(27)28)21-10-7-12-24-14-13-23(3)17-24/h8-9,13-14,16,21-22H,5-7,10-12,15,17H2,1-4H3/q+1. The molecule has 1 aromatic carbocycles. The number of likely N-dealkylation sites (N-methyl/N-ethyl adjacent to an activating group) is 1. The van der Waals surface area contributed by atoms with E-state index in [0.29, 0.717) is 12.2 Å². The molecule has 0 spiro atoms. The molecule has 0 radical (unpaired) electrons. The summed E-state index contributed by atoms with van der Waals surface area (Å²) in [7, 11) is 4.27. The van der Waals surface area contributed by atoms with Gasteiger partial charge in [-0.15, -0.1) is 0 Å². The van der Waals surface area contributed by atoms with Crippen LogP contribution in [0, 0.1) is 10.1 Å². The van der Waals surface area contributed by atoms with Gasteiger partial charge in [-0.05, 0) is 32.4 Å². The van der Waals surface area contributed by atoms with Crippen molar-refractivity contribution in [3.05, 3.63) is 40.7 Å². The molecule has 0 unspecified atom stereocenters. The Balaban J connectivity index is 1.88. The quantitative estimate of drug-likeness (QED) is 0.247. The Kier molecular flexibility index (Phi) is 7.92. The Labute approximate surface area is 168 Å². The maximum atomic E-state index is 11.4. The number of hydrogen-bond acceptors (Lipinski definition) is 6. The van der Waals surface area contributed by atoms with Crippen molar-refractivity contribution in [1.82, 2.24) is 9.80 Å². The fourth-order valence-electron chi connectivity index (χ4n) is 3.20. The number of anilines is 2. The molecule has 2 N–H and O–H groups in total. The lowest BCUT2D eigenvalue weighted by atomic mass is 10.2. The predicted molar refractivity (Wildman–Crippen MR) is 115 cm³/mol. The summed E-state index contributed by atoms with van der Waals surface area (Å²) in [5.74, 6) is 0. The van der Waals surface area contributed by atoms with Crippen LogP contribution in [0.3, 0.4) is 0 Å². The summed E-state index contributed by atoms with van der Waals surface area (Å²) in [4.78, 5) is 15.4. The van der Waals surface area contributed by atoms with Crippen LogP contribution in [-0.2, 0) is 0 Å². The van der Waals surface area contributed by atoms with Gasteiger partial charge in [0.15, 0.2) is 0 Å². The van der Waals surface area contributed by atoms with Crippen molar-refractivity contribution >= 4 is 17.1 Å². The van der Waals surface area contributed by atoms with Crippen LogP contribution >= 0.6 is 0 Å². The number of nitro groups is 1. The monoisotopic (exact) mass is 391 g/mol. The molecule has 8 heteroatoms. The van der Waals surface area contributed by atoms with E-state index in [4.69, 9.17) is 0 Å². The molecule has 156 valence electrons. The number of hydrogen-bond donors (Lipinski definition) is 2. The Bertz CT molecular complexity index is 675. The van der Waals surface area contributed by atoms with E-state index < -0.39 is 0 Å². The fraction of sp³-hybridized carbons (Fsp3) is 0.600. The normalized spacial score (nSPS) is 13.9. The molecule has 0 aliphatic carbocycles. The van der Waals surface area contributed by atoms with Crippen molar-refractivity contribution in [3.63, 3.8) is 0 Å². The van der Waals surface area contributed by atoms with Crippen LogP contribution in [0.2, 0.25) is 0 Å². The second-order valence-electron chi connectivity index (χ2n) is 7.68. The number of quaternary nitrogens is 1. The van der Waals surface area contributed by atoms with Crippen LogP contribution in [0.15, 0.2) is 30.6 Å².